The van der Waals surface area contributed by atoms with Gasteiger partial charge in [0.1, 0.15) is 5.60 Å². The van der Waals surface area contributed by atoms with Crippen LogP contribution in [0, 0.1) is 5.92 Å². The molecule has 0 radical (unpaired) electrons. The van der Waals surface area contributed by atoms with E-state index in [0.29, 0.717) is 43.6 Å². The molecule has 1 atom stereocenters. The molecule has 7 heteroatoms. The van der Waals surface area contributed by atoms with E-state index in [1.54, 1.807) is 11.3 Å². The maximum atomic E-state index is 13.8. The Kier molecular flexibility index (Phi) is 11.5. The molecule has 0 N–H and O–H groups in total. The van der Waals surface area contributed by atoms with Crippen molar-refractivity contribution in [1.82, 2.24) is 4.57 Å². The van der Waals surface area contributed by atoms with Crippen molar-refractivity contribution in [1.29, 1.82) is 0 Å². The molecule has 2 aliphatic rings. The van der Waals surface area contributed by atoms with Crippen molar-refractivity contribution in [3.05, 3.63) is 82.5 Å². The fourth-order valence-corrected chi connectivity index (χ4v) is 7.61. The Morgan fingerprint density at radius 3 is 2.50 bits per heavy atom. The second-order valence-electron chi connectivity index (χ2n) is 14.0. The number of carbonyl (C=O) groups excluding carboxylic acids is 3. The minimum absolute atomic E-state index is 0.0429. The van der Waals surface area contributed by atoms with Crippen molar-refractivity contribution in [3.63, 3.8) is 0 Å². The van der Waals surface area contributed by atoms with E-state index >= 15 is 0 Å². The van der Waals surface area contributed by atoms with Crippen LogP contribution in [0.2, 0.25) is 0 Å². The van der Waals surface area contributed by atoms with Gasteiger partial charge in [0.25, 0.3) is 0 Å². The van der Waals surface area contributed by atoms with Crippen LogP contribution in [0.3, 0.4) is 0 Å². The lowest BCUT2D eigenvalue weighted by Gasteiger charge is -2.23. The molecular formula is C39H49NO5S. The molecular weight excluding hydrogens is 594 g/mol. The molecule has 4 bridgehead atoms. The van der Waals surface area contributed by atoms with Crippen molar-refractivity contribution in [2.24, 2.45) is 5.92 Å². The summed E-state index contributed by atoms with van der Waals surface area (Å²) in [6.07, 6.45) is 12.9. The van der Waals surface area contributed by atoms with Crippen molar-refractivity contribution in [3.8, 4) is 10.4 Å². The van der Waals surface area contributed by atoms with Gasteiger partial charge in [-0.15, -0.1) is 11.3 Å². The van der Waals surface area contributed by atoms with Gasteiger partial charge in [-0.1, -0.05) is 36.4 Å². The third-order valence-electron chi connectivity index (χ3n) is 9.18. The second kappa shape index (κ2) is 15.5. The zero-order valence-electron chi connectivity index (χ0n) is 27.8. The molecule has 0 saturated carbocycles. The number of carbonyl (C=O) groups is 3. The van der Waals surface area contributed by atoms with E-state index in [0.717, 1.165) is 72.9 Å². The Labute approximate surface area is 278 Å². The SMILES string of the molecule is C=C(CCCC(=O)OC(C)(C)C)C1CCCC(=O)c2cn(C3CCOCC3)cc2CC(=O)c2csc(c2)-c2cccc(c2)CCC1. The number of thiophene rings is 1. The lowest BCUT2D eigenvalue weighted by molar-refractivity contribution is -0.154. The Bertz CT molecular complexity index is 1530. The third kappa shape index (κ3) is 9.38. The normalized spacial score (nSPS) is 18.8. The molecule has 3 heterocycles. The van der Waals surface area contributed by atoms with Crippen molar-refractivity contribution >= 4 is 28.9 Å². The van der Waals surface area contributed by atoms with Gasteiger partial charge in [-0.3, -0.25) is 14.4 Å². The van der Waals surface area contributed by atoms with E-state index in [9.17, 15) is 14.4 Å². The van der Waals surface area contributed by atoms with E-state index in [2.05, 4.69) is 35.4 Å². The number of allylic oxidation sites excluding steroid dienone is 1. The van der Waals surface area contributed by atoms with Crippen LogP contribution in [0.15, 0.2) is 60.3 Å². The molecule has 46 heavy (non-hydrogen) atoms. The average molecular weight is 644 g/mol. The first-order valence-electron chi connectivity index (χ1n) is 17.0. The molecule has 2 aromatic heterocycles. The average Bonchev–Trinajstić information content (AvgIpc) is 3.68. The van der Waals surface area contributed by atoms with Gasteiger partial charge in [0.15, 0.2) is 11.6 Å². The molecule has 1 aliphatic carbocycles. The summed E-state index contributed by atoms with van der Waals surface area (Å²) in [5.41, 5.74) is 5.29. The first-order chi connectivity index (χ1) is 22.1. The highest BCUT2D eigenvalue weighted by Crippen LogP contribution is 2.32. The Hall–Kier alpha value is -3.29. The number of Topliss-reactive ketones (excluding diaryl/α,β-unsaturated/α-hetero) is 2. The number of ketones is 2. The number of aryl methyl sites for hydroxylation is 1. The van der Waals surface area contributed by atoms with Crippen LogP contribution in [0.1, 0.15) is 123 Å². The van der Waals surface area contributed by atoms with Crippen molar-refractivity contribution < 1.29 is 23.9 Å². The molecule has 5 rings (SSSR count). The molecule has 3 aromatic rings. The summed E-state index contributed by atoms with van der Waals surface area (Å²) in [4.78, 5) is 40.7. The molecule has 1 fully saturated rings. The summed E-state index contributed by atoms with van der Waals surface area (Å²) in [5, 5.41) is 1.95. The van der Waals surface area contributed by atoms with Gasteiger partial charge >= 0.3 is 5.97 Å². The number of fused-ring (bicyclic) bond motifs is 6. The van der Waals surface area contributed by atoms with Gasteiger partial charge < -0.3 is 14.0 Å². The van der Waals surface area contributed by atoms with Gasteiger partial charge in [0, 0.05) is 72.3 Å². The van der Waals surface area contributed by atoms with Crippen LogP contribution < -0.4 is 0 Å². The molecule has 1 saturated heterocycles. The zero-order chi connectivity index (χ0) is 32.7. The van der Waals surface area contributed by atoms with E-state index < -0.39 is 5.60 Å². The molecule has 1 unspecified atom stereocenters. The van der Waals surface area contributed by atoms with E-state index in [-0.39, 0.29) is 35.9 Å². The predicted molar refractivity (Wildman–Crippen MR) is 185 cm³/mol. The summed E-state index contributed by atoms with van der Waals surface area (Å²) < 4.78 is 13.2. The molecule has 246 valence electrons. The Balaban J connectivity index is 1.36. The van der Waals surface area contributed by atoms with Crippen LogP contribution in [0.5, 0.6) is 0 Å². The number of rotatable bonds is 6. The van der Waals surface area contributed by atoms with Crippen molar-refractivity contribution in [2.45, 2.75) is 109 Å². The van der Waals surface area contributed by atoms with Crippen LogP contribution in [0.25, 0.3) is 10.4 Å². The van der Waals surface area contributed by atoms with Crippen molar-refractivity contribution in [2.75, 3.05) is 13.2 Å². The molecule has 0 spiro atoms. The molecule has 1 aliphatic heterocycles. The van der Waals surface area contributed by atoms with Crippen LogP contribution in [0.4, 0.5) is 0 Å². The van der Waals surface area contributed by atoms with E-state index in [1.165, 1.54) is 5.56 Å². The van der Waals surface area contributed by atoms with Crippen LogP contribution in [-0.2, 0) is 27.1 Å². The highest BCUT2D eigenvalue weighted by atomic mass is 32.1. The number of nitrogens with zero attached hydrogens (tertiary/aromatic N) is 1. The summed E-state index contributed by atoms with van der Waals surface area (Å²) in [5.74, 6) is 0.253. The number of benzene rings is 1. The van der Waals surface area contributed by atoms with Gasteiger partial charge in [0.05, 0.1) is 0 Å². The monoisotopic (exact) mass is 643 g/mol. The number of ether oxygens (including phenoxy) is 2. The summed E-state index contributed by atoms with van der Waals surface area (Å²) in [6, 6.07) is 10.9. The largest absolute Gasteiger partial charge is 0.460 e. The fraction of sp³-hybridized carbons (Fsp3) is 0.513. The van der Waals surface area contributed by atoms with E-state index in [1.807, 2.05) is 44.6 Å². The molecule has 1 aromatic carbocycles. The summed E-state index contributed by atoms with van der Waals surface area (Å²) >= 11 is 1.60. The first-order valence-corrected chi connectivity index (χ1v) is 17.9. The molecule has 0 amide bonds. The second-order valence-corrected chi connectivity index (χ2v) is 14.9. The minimum atomic E-state index is -0.482. The predicted octanol–water partition coefficient (Wildman–Crippen LogP) is 9.37. The van der Waals surface area contributed by atoms with Crippen LogP contribution in [-0.4, -0.2) is 40.9 Å². The lowest BCUT2D eigenvalue weighted by Crippen LogP contribution is -2.23. The topological polar surface area (TPSA) is 74.6 Å². The number of esters is 1. The summed E-state index contributed by atoms with van der Waals surface area (Å²) in [6.45, 7) is 11.6. The molecule has 6 nitrogen and oxygen atoms in total. The highest BCUT2D eigenvalue weighted by molar-refractivity contribution is 7.13. The van der Waals surface area contributed by atoms with Gasteiger partial charge in [-0.2, -0.15) is 0 Å². The number of hydrogen-bond acceptors (Lipinski definition) is 6. The maximum Gasteiger partial charge on any atom is 0.306 e. The highest BCUT2D eigenvalue weighted by Gasteiger charge is 2.24. The third-order valence-corrected chi connectivity index (χ3v) is 10.2. The quantitative estimate of drug-likeness (QED) is 0.198. The smallest absolute Gasteiger partial charge is 0.306 e. The zero-order valence-corrected chi connectivity index (χ0v) is 28.6. The standard InChI is InChI=1S/C39H49NO5S/c1-27(9-5-16-38(43)45-39(2,3)4)29-12-6-10-28-11-7-14-30(21-28)37-23-32(26-46-37)36(42)22-31-24-40(33-17-19-44-20-18-33)25-34(31)35(41)15-8-13-29/h7,11,14,21,23-26,29,33H,1,5-6,8-10,12-13,15-20,22H2,2-4H3. The van der Waals surface area contributed by atoms with Gasteiger partial charge in [-0.25, -0.2) is 0 Å². The minimum Gasteiger partial charge on any atom is -0.460 e. The Morgan fingerprint density at radius 1 is 0.978 bits per heavy atom. The van der Waals surface area contributed by atoms with Gasteiger partial charge in [-0.05, 0) is 107 Å². The summed E-state index contributed by atoms with van der Waals surface area (Å²) in [7, 11) is 0. The fourth-order valence-electron chi connectivity index (χ4n) is 6.70. The van der Waals surface area contributed by atoms with E-state index in [4.69, 9.17) is 9.47 Å². The van der Waals surface area contributed by atoms with Crippen LogP contribution >= 0.6 is 11.3 Å². The lowest BCUT2D eigenvalue weighted by atomic mass is 9.85. The number of aromatic nitrogens is 1. The van der Waals surface area contributed by atoms with Gasteiger partial charge in [0.2, 0.25) is 0 Å². The number of hydrogen-bond donors (Lipinski definition) is 0. The Morgan fingerprint density at radius 2 is 1.74 bits per heavy atom. The first kappa shape index (κ1) is 34.1. The maximum absolute atomic E-state index is 13.8.